The van der Waals surface area contributed by atoms with Crippen LogP contribution in [0.5, 0.6) is 5.75 Å². The minimum absolute atomic E-state index is 0.119. The molecule has 0 saturated heterocycles. The molecule has 0 radical (unpaired) electrons. The molecule has 1 unspecified atom stereocenters. The monoisotopic (exact) mass is 419 g/mol. The van der Waals surface area contributed by atoms with Crippen molar-refractivity contribution in [2.75, 3.05) is 13.2 Å². The van der Waals surface area contributed by atoms with Gasteiger partial charge in [0.25, 0.3) is 5.82 Å². The Labute approximate surface area is 171 Å². The fourth-order valence-corrected chi connectivity index (χ4v) is 3.38. The third-order valence-corrected chi connectivity index (χ3v) is 4.84. The second kappa shape index (κ2) is 8.06. The van der Waals surface area contributed by atoms with E-state index in [0.717, 1.165) is 17.4 Å². The first-order valence-corrected chi connectivity index (χ1v) is 9.67. The summed E-state index contributed by atoms with van der Waals surface area (Å²) >= 11 is 0. The van der Waals surface area contributed by atoms with E-state index in [1.165, 1.54) is 6.33 Å². The Kier molecular flexibility index (Phi) is 5.46. The Morgan fingerprint density at radius 2 is 2.17 bits per heavy atom. The molecular formula is C21H22F3N4O2+. The number of alkyl halides is 3. The molecule has 4 rings (SSSR count). The molecule has 6 nitrogen and oxygen atoms in total. The van der Waals surface area contributed by atoms with Gasteiger partial charge in [-0.3, -0.25) is 0 Å². The molecule has 158 valence electrons. The first kappa shape index (κ1) is 20.3. The number of aromatic amines is 2. The van der Waals surface area contributed by atoms with Crippen LogP contribution in [0.4, 0.5) is 19.0 Å². The van der Waals surface area contributed by atoms with Crippen LogP contribution in [-0.4, -0.2) is 35.5 Å². The summed E-state index contributed by atoms with van der Waals surface area (Å²) in [6, 6.07) is 8.64. The number of nitrogens with one attached hydrogen (secondary N) is 2. The lowest BCUT2D eigenvalue weighted by molar-refractivity contribution is -0.365. The fourth-order valence-electron chi connectivity index (χ4n) is 3.38. The fraction of sp³-hybridized carbons (Fsp3) is 0.381. The zero-order valence-corrected chi connectivity index (χ0v) is 16.5. The van der Waals surface area contributed by atoms with E-state index in [2.05, 4.69) is 33.8 Å². The lowest BCUT2D eigenvalue weighted by atomic mass is 9.91. The highest BCUT2D eigenvalue weighted by Gasteiger charge is 2.35. The molecular weight excluding hydrogens is 397 g/mol. The lowest BCUT2D eigenvalue weighted by Gasteiger charge is -2.31. The maximum atomic E-state index is 13.1. The van der Waals surface area contributed by atoms with Crippen molar-refractivity contribution in [3.8, 4) is 5.75 Å². The molecule has 0 fully saturated rings. The maximum absolute atomic E-state index is 13.1. The number of H-pyrrole nitrogens is 2. The predicted molar refractivity (Wildman–Crippen MR) is 105 cm³/mol. The first-order valence-electron chi connectivity index (χ1n) is 9.67. The molecule has 0 aliphatic carbocycles. The Bertz CT molecular complexity index is 1060. The van der Waals surface area contributed by atoms with Gasteiger partial charge >= 0.3 is 6.18 Å². The Morgan fingerprint density at radius 3 is 2.93 bits per heavy atom. The first-order chi connectivity index (χ1) is 14.3. The van der Waals surface area contributed by atoms with Gasteiger partial charge in [-0.2, -0.15) is 13.2 Å². The van der Waals surface area contributed by atoms with Gasteiger partial charge in [0.2, 0.25) is 12.0 Å². The molecule has 30 heavy (non-hydrogen) atoms. The Hall–Kier alpha value is -2.94. The maximum Gasteiger partial charge on any atom is 0.431 e. The van der Waals surface area contributed by atoms with E-state index >= 15 is 0 Å². The van der Waals surface area contributed by atoms with Gasteiger partial charge in [0.15, 0.2) is 0 Å². The standard InChI is InChI=1S/C21H21F3N4O2/c1-12(2)9-29-17-10-30-16-6-4-3-5-13(16)15(17)8-25-19-14-7-18(21(22,23)24)28-20(14)27-11-26-19/h3-8,11-12,15,17H,9-10H2,1-2H3,(H,26,27,28)/p+1/b25-8+/t15?,17-/m0/s1. The van der Waals surface area contributed by atoms with Crippen molar-refractivity contribution in [3.05, 3.63) is 47.9 Å². The lowest BCUT2D eigenvalue weighted by Crippen LogP contribution is -2.35. The third-order valence-electron chi connectivity index (χ3n) is 4.84. The van der Waals surface area contributed by atoms with Gasteiger partial charge < -0.3 is 14.5 Å². The van der Waals surface area contributed by atoms with Crippen LogP contribution in [0.25, 0.3) is 11.0 Å². The van der Waals surface area contributed by atoms with E-state index in [1.807, 2.05) is 24.3 Å². The number of aromatic nitrogens is 3. The number of halogens is 3. The number of rotatable bonds is 5. The molecule has 1 aliphatic rings. The van der Waals surface area contributed by atoms with Gasteiger partial charge in [-0.05, 0) is 18.1 Å². The number of para-hydroxylation sites is 1. The molecule has 3 aromatic rings. The third kappa shape index (κ3) is 4.16. The number of fused-ring (bicyclic) bond motifs is 2. The highest BCUT2D eigenvalue weighted by molar-refractivity contribution is 5.87. The van der Waals surface area contributed by atoms with E-state index in [4.69, 9.17) is 9.47 Å². The molecule has 3 heterocycles. The number of aliphatic imine (C=N–C) groups is 1. The zero-order valence-electron chi connectivity index (χ0n) is 16.5. The van der Waals surface area contributed by atoms with E-state index in [0.29, 0.717) is 24.9 Å². The number of nitrogens with zero attached hydrogens (tertiary/aromatic N) is 2. The molecule has 9 heteroatoms. The van der Waals surface area contributed by atoms with E-state index in [-0.39, 0.29) is 23.1 Å². The average molecular weight is 419 g/mol. The highest BCUT2D eigenvalue weighted by Crippen LogP contribution is 2.35. The summed E-state index contributed by atoms with van der Waals surface area (Å²) in [5, 5.41) is 0.265. The molecule has 0 saturated carbocycles. The minimum Gasteiger partial charge on any atom is -0.491 e. The molecule has 1 aliphatic heterocycles. The van der Waals surface area contributed by atoms with E-state index in [1.54, 1.807) is 6.21 Å². The van der Waals surface area contributed by atoms with Crippen molar-refractivity contribution in [1.29, 1.82) is 0 Å². The van der Waals surface area contributed by atoms with Gasteiger partial charge in [0, 0.05) is 12.2 Å². The quantitative estimate of drug-likeness (QED) is 0.626. The van der Waals surface area contributed by atoms with Crippen LogP contribution in [-0.2, 0) is 10.9 Å². The van der Waals surface area contributed by atoms with Gasteiger partial charge in [-0.1, -0.05) is 37.0 Å². The molecule has 2 N–H and O–H groups in total. The van der Waals surface area contributed by atoms with Crippen LogP contribution in [0.1, 0.15) is 31.0 Å². The predicted octanol–water partition coefficient (Wildman–Crippen LogP) is 4.32. The van der Waals surface area contributed by atoms with Crippen molar-refractivity contribution in [2.24, 2.45) is 10.9 Å². The zero-order chi connectivity index (χ0) is 21.3. The Balaban J connectivity index is 1.69. The summed E-state index contributed by atoms with van der Waals surface area (Å²) in [6.07, 6.45) is -1.72. The van der Waals surface area contributed by atoms with Crippen LogP contribution >= 0.6 is 0 Å². The van der Waals surface area contributed by atoms with Crippen molar-refractivity contribution in [1.82, 2.24) is 9.97 Å². The minimum atomic E-state index is -4.49. The summed E-state index contributed by atoms with van der Waals surface area (Å²) in [5.74, 6) is 1.20. The number of hydrogen-bond donors (Lipinski definition) is 1. The van der Waals surface area contributed by atoms with E-state index < -0.39 is 11.9 Å². The van der Waals surface area contributed by atoms with Crippen molar-refractivity contribution in [3.63, 3.8) is 0 Å². The van der Waals surface area contributed by atoms with Crippen LogP contribution < -0.4 is 9.72 Å². The molecule has 0 amide bonds. The summed E-state index contributed by atoms with van der Waals surface area (Å²) in [7, 11) is 0. The topological polar surface area (TPSA) is 73.6 Å². The van der Waals surface area contributed by atoms with Crippen molar-refractivity contribution >= 4 is 23.1 Å². The Morgan fingerprint density at radius 1 is 1.37 bits per heavy atom. The summed E-state index contributed by atoms with van der Waals surface area (Å²) in [6.45, 7) is 5.07. The number of hydrogen-bond acceptors (Lipinski definition) is 4. The second-order valence-electron chi connectivity index (χ2n) is 7.61. The van der Waals surface area contributed by atoms with Crippen molar-refractivity contribution in [2.45, 2.75) is 32.0 Å². The van der Waals surface area contributed by atoms with Crippen LogP contribution in [0, 0.1) is 5.92 Å². The normalized spacial score (nSPS) is 19.4. The van der Waals surface area contributed by atoms with Gasteiger partial charge in [0.1, 0.15) is 29.5 Å². The van der Waals surface area contributed by atoms with E-state index in [9.17, 15) is 13.2 Å². The average Bonchev–Trinajstić information content (AvgIpc) is 3.16. The largest absolute Gasteiger partial charge is 0.491 e. The van der Waals surface area contributed by atoms with Gasteiger partial charge in [-0.15, -0.1) is 4.99 Å². The molecule has 0 bridgehead atoms. The molecule has 1 aromatic carbocycles. The van der Waals surface area contributed by atoms with Crippen LogP contribution in [0.15, 0.2) is 41.7 Å². The van der Waals surface area contributed by atoms with Gasteiger partial charge in [-0.25, -0.2) is 4.98 Å². The molecule has 2 aromatic heterocycles. The SMILES string of the molecule is CC(C)CO[C@H]1COc2ccccc2C1/C=N/c1[nH+]cnc2[nH]c(C(F)(F)F)cc12. The summed E-state index contributed by atoms with van der Waals surface area (Å²) in [5.41, 5.74) is 0.181. The summed E-state index contributed by atoms with van der Waals surface area (Å²) in [4.78, 5) is 13.6. The smallest absolute Gasteiger partial charge is 0.431 e. The summed E-state index contributed by atoms with van der Waals surface area (Å²) < 4.78 is 51.1. The molecule has 2 atom stereocenters. The van der Waals surface area contributed by atoms with Crippen LogP contribution in [0.2, 0.25) is 0 Å². The number of benzene rings is 1. The number of ether oxygens (including phenoxy) is 2. The highest BCUT2D eigenvalue weighted by atomic mass is 19.4. The van der Waals surface area contributed by atoms with Gasteiger partial charge in [0.05, 0.1) is 12.1 Å². The van der Waals surface area contributed by atoms with Crippen molar-refractivity contribution < 1.29 is 27.6 Å². The van der Waals surface area contributed by atoms with Crippen LogP contribution in [0.3, 0.4) is 0 Å². The molecule has 0 spiro atoms. The second-order valence-corrected chi connectivity index (χ2v) is 7.61.